The van der Waals surface area contributed by atoms with Gasteiger partial charge in [0.05, 0.1) is 4.90 Å². The molecule has 0 unspecified atom stereocenters. The van der Waals surface area contributed by atoms with Crippen LogP contribution in [0.4, 0.5) is 0 Å². The van der Waals surface area contributed by atoms with Gasteiger partial charge in [-0.05, 0) is 29.5 Å². The lowest BCUT2D eigenvalue weighted by atomic mass is 10.1. The minimum Gasteiger partial charge on any atom is -0.326 e. The Morgan fingerprint density at radius 3 is 2.95 bits per heavy atom. The molecule has 3 rings (SSSR count). The van der Waals surface area contributed by atoms with Gasteiger partial charge in [-0.2, -0.15) is 4.31 Å². The number of nitrogens with two attached hydrogens (primary N) is 1. The van der Waals surface area contributed by atoms with Crippen LogP contribution in [-0.2, 0) is 29.5 Å². The molecule has 0 bridgehead atoms. The maximum absolute atomic E-state index is 12.5. The van der Waals surface area contributed by atoms with Crippen molar-refractivity contribution in [2.24, 2.45) is 5.73 Å². The molecule has 0 aliphatic carbocycles. The lowest BCUT2D eigenvalue weighted by molar-refractivity contribution is 0.394. The summed E-state index contributed by atoms with van der Waals surface area (Å²) in [6.07, 6.45) is 0.806. The van der Waals surface area contributed by atoms with Crippen LogP contribution >= 0.6 is 22.7 Å². The van der Waals surface area contributed by atoms with E-state index >= 15 is 0 Å². The zero-order chi connectivity index (χ0) is 13.5. The molecule has 4 nitrogen and oxygen atoms in total. The normalized spacial score (nSPS) is 16.5. The number of fused-ring (bicyclic) bond motifs is 1. The van der Waals surface area contributed by atoms with Gasteiger partial charge >= 0.3 is 0 Å². The lowest BCUT2D eigenvalue weighted by Crippen LogP contribution is -2.35. The fourth-order valence-corrected chi connectivity index (χ4v) is 5.63. The van der Waals surface area contributed by atoms with E-state index in [-0.39, 0.29) is 0 Å². The fraction of sp³-hybridized carbons (Fsp3) is 0.333. The first-order valence-corrected chi connectivity index (χ1v) is 9.14. The topological polar surface area (TPSA) is 63.4 Å². The number of sulfonamides is 1. The van der Waals surface area contributed by atoms with Crippen molar-refractivity contribution in [1.29, 1.82) is 0 Å². The van der Waals surface area contributed by atoms with Crippen LogP contribution in [0.1, 0.15) is 15.3 Å². The van der Waals surface area contributed by atoms with E-state index in [0.717, 1.165) is 16.9 Å². The van der Waals surface area contributed by atoms with Crippen LogP contribution in [0.3, 0.4) is 0 Å². The van der Waals surface area contributed by atoms with E-state index < -0.39 is 10.0 Å². The first-order chi connectivity index (χ1) is 9.11. The fourth-order valence-electron chi connectivity index (χ4n) is 2.18. The van der Waals surface area contributed by atoms with Crippen LogP contribution in [0.25, 0.3) is 0 Å². The van der Waals surface area contributed by atoms with E-state index in [4.69, 9.17) is 5.73 Å². The van der Waals surface area contributed by atoms with Crippen molar-refractivity contribution < 1.29 is 8.42 Å². The molecular formula is C12H14N2O2S3. The molecule has 1 aliphatic rings. The first kappa shape index (κ1) is 13.3. The zero-order valence-electron chi connectivity index (χ0n) is 10.2. The summed E-state index contributed by atoms with van der Waals surface area (Å²) in [7, 11) is -3.38. The molecule has 3 heterocycles. The number of rotatable bonds is 3. The largest absolute Gasteiger partial charge is 0.326 e. The van der Waals surface area contributed by atoms with E-state index in [0.29, 0.717) is 24.5 Å². The van der Waals surface area contributed by atoms with E-state index in [1.807, 2.05) is 11.4 Å². The molecule has 2 N–H and O–H groups in total. The van der Waals surface area contributed by atoms with E-state index in [2.05, 4.69) is 0 Å². The van der Waals surface area contributed by atoms with Crippen molar-refractivity contribution in [3.8, 4) is 0 Å². The summed E-state index contributed by atoms with van der Waals surface area (Å²) in [6.45, 7) is 1.42. The number of thiophene rings is 2. The Labute approximate surface area is 120 Å². The van der Waals surface area contributed by atoms with Crippen LogP contribution in [0, 0.1) is 0 Å². The molecule has 1 aliphatic heterocycles. The third-order valence-electron chi connectivity index (χ3n) is 3.24. The van der Waals surface area contributed by atoms with Gasteiger partial charge < -0.3 is 5.73 Å². The van der Waals surface area contributed by atoms with Gasteiger partial charge in [-0.1, -0.05) is 0 Å². The SMILES string of the molecule is NCc1cc(S(=O)(=O)N2CCc3sccc3C2)cs1. The summed E-state index contributed by atoms with van der Waals surface area (Å²) in [4.78, 5) is 2.57. The minimum atomic E-state index is -3.38. The molecule has 0 aromatic carbocycles. The predicted octanol–water partition coefficient (Wildman–Crippen LogP) is 2.02. The van der Waals surface area contributed by atoms with E-state index in [1.165, 1.54) is 16.2 Å². The van der Waals surface area contributed by atoms with Gasteiger partial charge in [-0.15, -0.1) is 22.7 Å². The van der Waals surface area contributed by atoms with Gasteiger partial charge in [0.2, 0.25) is 10.0 Å². The van der Waals surface area contributed by atoms with Gasteiger partial charge in [-0.25, -0.2) is 8.42 Å². The average Bonchev–Trinajstić information content (AvgIpc) is 3.06. The van der Waals surface area contributed by atoms with E-state index in [9.17, 15) is 8.42 Å². The third kappa shape index (κ3) is 2.36. The van der Waals surface area contributed by atoms with Gasteiger partial charge in [0.25, 0.3) is 0 Å². The van der Waals surface area contributed by atoms with Crippen molar-refractivity contribution >= 4 is 32.7 Å². The average molecular weight is 314 g/mol. The molecule has 0 saturated carbocycles. The minimum absolute atomic E-state index is 0.372. The van der Waals surface area contributed by atoms with Gasteiger partial charge in [0, 0.05) is 34.8 Å². The second-order valence-electron chi connectivity index (χ2n) is 4.41. The Morgan fingerprint density at radius 2 is 2.21 bits per heavy atom. The summed E-state index contributed by atoms with van der Waals surface area (Å²) < 4.78 is 26.6. The van der Waals surface area contributed by atoms with Crippen molar-refractivity contribution in [2.45, 2.75) is 24.4 Å². The second kappa shape index (κ2) is 4.99. The highest BCUT2D eigenvalue weighted by Gasteiger charge is 2.29. The Kier molecular flexibility index (Phi) is 3.48. The molecule has 0 amide bonds. The third-order valence-corrected chi connectivity index (χ3v) is 7.20. The van der Waals surface area contributed by atoms with Gasteiger partial charge in [0.1, 0.15) is 0 Å². The molecule has 0 fully saturated rings. The Morgan fingerprint density at radius 1 is 1.37 bits per heavy atom. The maximum atomic E-state index is 12.5. The Bertz CT molecular complexity index is 687. The summed E-state index contributed by atoms with van der Waals surface area (Å²) in [6, 6.07) is 3.70. The highest BCUT2D eigenvalue weighted by Crippen LogP contribution is 2.29. The lowest BCUT2D eigenvalue weighted by Gasteiger charge is -2.25. The molecule has 0 saturated heterocycles. The summed E-state index contributed by atoms with van der Waals surface area (Å²) in [5, 5.41) is 3.71. The summed E-state index contributed by atoms with van der Waals surface area (Å²) in [5.41, 5.74) is 6.67. The van der Waals surface area contributed by atoms with Crippen LogP contribution in [0.2, 0.25) is 0 Å². The standard InChI is InChI=1S/C12H14N2O2S3/c13-6-10-5-11(8-18-10)19(15,16)14-3-1-12-9(7-14)2-4-17-12/h2,4-5,8H,1,3,6-7,13H2. The molecule has 0 spiro atoms. The van der Waals surface area contributed by atoms with Gasteiger partial charge in [0.15, 0.2) is 0 Å². The Hall–Kier alpha value is -0.730. The van der Waals surface area contributed by atoms with Crippen LogP contribution < -0.4 is 5.73 Å². The highest BCUT2D eigenvalue weighted by atomic mass is 32.2. The second-order valence-corrected chi connectivity index (χ2v) is 8.34. The predicted molar refractivity (Wildman–Crippen MR) is 77.8 cm³/mol. The molecule has 0 atom stereocenters. The van der Waals surface area contributed by atoms with Crippen LogP contribution in [-0.4, -0.2) is 19.3 Å². The van der Waals surface area contributed by atoms with Crippen molar-refractivity contribution in [3.63, 3.8) is 0 Å². The Balaban J connectivity index is 1.89. The molecule has 0 radical (unpaired) electrons. The van der Waals surface area contributed by atoms with Crippen molar-refractivity contribution in [1.82, 2.24) is 4.31 Å². The van der Waals surface area contributed by atoms with Crippen LogP contribution in [0.5, 0.6) is 0 Å². The van der Waals surface area contributed by atoms with Crippen molar-refractivity contribution in [2.75, 3.05) is 6.54 Å². The number of hydrogen-bond donors (Lipinski definition) is 1. The first-order valence-electron chi connectivity index (χ1n) is 5.94. The molecule has 2 aromatic heterocycles. The molecule has 102 valence electrons. The highest BCUT2D eigenvalue weighted by molar-refractivity contribution is 7.89. The molecule has 7 heteroatoms. The number of nitrogens with zero attached hydrogens (tertiary/aromatic N) is 1. The quantitative estimate of drug-likeness (QED) is 0.942. The molecular weight excluding hydrogens is 300 g/mol. The molecule has 2 aromatic rings. The summed E-state index contributed by atoms with van der Waals surface area (Å²) >= 11 is 3.10. The smallest absolute Gasteiger partial charge is 0.244 e. The zero-order valence-corrected chi connectivity index (χ0v) is 12.7. The van der Waals surface area contributed by atoms with Crippen molar-refractivity contribution in [3.05, 3.63) is 38.2 Å². The van der Waals surface area contributed by atoms with Crippen LogP contribution in [0.15, 0.2) is 27.8 Å². The molecule has 19 heavy (non-hydrogen) atoms. The monoisotopic (exact) mass is 314 g/mol. The van der Waals surface area contributed by atoms with Gasteiger partial charge in [-0.3, -0.25) is 0 Å². The maximum Gasteiger partial charge on any atom is 0.244 e. The summed E-state index contributed by atoms with van der Waals surface area (Å²) in [5.74, 6) is 0. The van der Waals surface area contributed by atoms with E-state index in [1.54, 1.807) is 27.1 Å². The number of hydrogen-bond acceptors (Lipinski definition) is 5.